The van der Waals surface area contributed by atoms with Gasteiger partial charge in [-0.15, -0.1) is 0 Å². The molecule has 2 aliphatic heterocycles. The topological polar surface area (TPSA) is 87.2 Å². The Kier molecular flexibility index (Phi) is 6.83. The van der Waals surface area contributed by atoms with Gasteiger partial charge in [0.1, 0.15) is 4.90 Å². The monoisotopic (exact) mass is 525 g/mol. The predicted octanol–water partition coefficient (Wildman–Crippen LogP) is 3.83. The highest BCUT2D eigenvalue weighted by molar-refractivity contribution is 7.90. The van der Waals surface area contributed by atoms with E-state index in [1.54, 1.807) is 12.1 Å². The van der Waals surface area contributed by atoms with Gasteiger partial charge in [0, 0.05) is 31.9 Å². The van der Waals surface area contributed by atoms with Gasteiger partial charge in [-0.05, 0) is 42.8 Å². The number of benzene rings is 2. The van der Waals surface area contributed by atoms with E-state index in [2.05, 4.69) is 9.80 Å². The highest BCUT2D eigenvalue weighted by Crippen LogP contribution is 2.39. The summed E-state index contributed by atoms with van der Waals surface area (Å²) in [5.41, 5.74) is 1.43. The second-order valence-corrected chi connectivity index (χ2v) is 11.3. The normalized spacial score (nSPS) is 17.9. The van der Waals surface area contributed by atoms with Crippen molar-refractivity contribution in [3.05, 3.63) is 57.1 Å². The molecule has 0 unspecified atom stereocenters. The summed E-state index contributed by atoms with van der Waals surface area (Å²) in [5, 5.41) is 0.130. The maximum Gasteiger partial charge on any atom is 0.342 e. The number of halogens is 2. The van der Waals surface area contributed by atoms with Crippen LogP contribution in [0.2, 0.25) is 10.0 Å². The van der Waals surface area contributed by atoms with Crippen LogP contribution in [0.3, 0.4) is 0 Å². The second-order valence-electron chi connectivity index (χ2n) is 8.67. The molecule has 8 nitrogen and oxygen atoms in total. The van der Waals surface area contributed by atoms with E-state index in [-0.39, 0.29) is 32.0 Å². The molecule has 2 heterocycles. The SMILES string of the molecule is CC(C)c1cc(N2CCN(C)CC2)cc2c1C(=O)N(COC(=O)c1c(Cl)cccc1Cl)S2(=O)=O. The Morgan fingerprint density at radius 3 is 2.29 bits per heavy atom. The molecule has 0 saturated carbocycles. The maximum absolute atomic E-state index is 13.4. The number of likely N-dealkylation sites (N-methyl/N-ethyl adjacent to an activating group) is 1. The number of hydrogen-bond acceptors (Lipinski definition) is 7. The summed E-state index contributed by atoms with van der Waals surface area (Å²) in [6.45, 7) is 6.24. The van der Waals surface area contributed by atoms with Crippen molar-refractivity contribution >= 4 is 50.8 Å². The van der Waals surface area contributed by atoms with Gasteiger partial charge >= 0.3 is 5.97 Å². The van der Waals surface area contributed by atoms with Gasteiger partial charge in [0.2, 0.25) is 0 Å². The predicted molar refractivity (Wildman–Crippen MR) is 130 cm³/mol. The van der Waals surface area contributed by atoms with E-state index in [0.717, 1.165) is 31.9 Å². The zero-order chi connectivity index (χ0) is 24.8. The first-order valence-corrected chi connectivity index (χ1v) is 13.0. The standard InChI is InChI=1S/C23H25Cl2N3O5S/c1-14(2)16-11-15(27-9-7-26(3)8-10-27)12-19-20(16)22(29)28(34(19,31)32)13-33-23(30)21-17(24)5-4-6-18(21)25/h4-6,11-12,14H,7-10,13H2,1-3H3. The fourth-order valence-corrected chi connectivity index (χ4v) is 6.14. The van der Waals surface area contributed by atoms with Crippen LogP contribution in [0.1, 0.15) is 46.0 Å². The van der Waals surface area contributed by atoms with E-state index in [1.807, 2.05) is 27.0 Å². The molecule has 0 radical (unpaired) electrons. The number of ether oxygens (including phenoxy) is 1. The van der Waals surface area contributed by atoms with Crippen LogP contribution in [0.4, 0.5) is 5.69 Å². The molecule has 0 bridgehead atoms. The molecule has 1 amide bonds. The summed E-state index contributed by atoms with van der Waals surface area (Å²) in [4.78, 5) is 30.1. The Labute approximate surface area is 209 Å². The molecule has 4 rings (SSSR count). The van der Waals surface area contributed by atoms with E-state index in [9.17, 15) is 18.0 Å². The molecule has 0 aromatic heterocycles. The Hall–Kier alpha value is -2.33. The molecule has 34 heavy (non-hydrogen) atoms. The Morgan fingerprint density at radius 1 is 1.09 bits per heavy atom. The number of nitrogens with zero attached hydrogens (tertiary/aromatic N) is 3. The smallest absolute Gasteiger partial charge is 0.342 e. The molecule has 0 atom stereocenters. The number of rotatable bonds is 5. The molecule has 0 N–H and O–H groups in total. The quantitative estimate of drug-likeness (QED) is 0.548. The summed E-state index contributed by atoms with van der Waals surface area (Å²) in [6.07, 6.45) is 0. The van der Waals surface area contributed by atoms with Crippen LogP contribution in [0, 0.1) is 0 Å². The molecule has 11 heteroatoms. The van der Waals surface area contributed by atoms with Crippen LogP contribution in [-0.4, -0.2) is 69.5 Å². The van der Waals surface area contributed by atoms with E-state index in [0.29, 0.717) is 9.87 Å². The first-order chi connectivity index (χ1) is 16.0. The van der Waals surface area contributed by atoms with Gasteiger partial charge in [0.15, 0.2) is 6.73 Å². The Balaban J connectivity index is 1.66. The number of carbonyl (C=O) groups is 2. The molecule has 2 aromatic rings. The van der Waals surface area contributed by atoms with Gasteiger partial charge in [-0.2, -0.15) is 4.31 Å². The Bertz CT molecular complexity index is 1240. The molecule has 1 fully saturated rings. The fourth-order valence-electron chi connectivity index (χ4n) is 4.12. The van der Waals surface area contributed by atoms with Gasteiger partial charge in [-0.25, -0.2) is 13.2 Å². The van der Waals surface area contributed by atoms with Crippen LogP contribution in [-0.2, 0) is 14.8 Å². The van der Waals surface area contributed by atoms with Crippen molar-refractivity contribution in [1.82, 2.24) is 9.21 Å². The molecular weight excluding hydrogens is 501 g/mol. The molecule has 182 valence electrons. The number of carbonyl (C=O) groups excluding carboxylic acids is 2. The summed E-state index contributed by atoms with van der Waals surface area (Å²) in [7, 11) is -2.18. The third-order valence-corrected chi connectivity index (χ3v) is 8.46. The molecular formula is C23H25Cl2N3O5S. The van der Waals surface area contributed by atoms with Crippen LogP contribution in [0.5, 0.6) is 0 Å². The first kappa shape index (κ1) is 24.8. The number of piperazine rings is 1. The molecule has 0 spiro atoms. The lowest BCUT2D eigenvalue weighted by Crippen LogP contribution is -2.44. The van der Waals surface area contributed by atoms with Gasteiger partial charge < -0.3 is 14.5 Å². The molecule has 1 saturated heterocycles. The van der Waals surface area contributed by atoms with Crippen molar-refractivity contribution in [2.24, 2.45) is 0 Å². The zero-order valence-electron chi connectivity index (χ0n) is 19.0. The lowest BCUT2D eigenvalue weighted by atomic mass is 9.95. The average Bonchev–Trinajstić information content (AvgIpc) is 2.97. The fraction of sp³-hybridized carbons (Fsp3) is 0.391. The third-order valence-electron chi connectivity index (χ3n) is 6.10. The number of hydrogen-bond donors (Lipinski definition) is 0. The van der Waals surface area contributed by atoms with Crippen molar-refractivity contribution < 1.29 is 22.7 Å². The number of amides is 1. The summed E-state index contributed by atoms with van der Waals surface area (Å²) in [6, 6.07) is 7.94. The minimum Gasteiger partial charge on any atom is -0.439 e. The van der Waals surface area contributed by atoms with E-state index >= 15 is 0 Å². The van der Waals surface area contributed by atoms with Crippen molar-refractivity contribution in [2.45, 2.75) is 24.7 Å². The average molecular weight is 526 g/mol. The highest BCUT2D eigenvalue weighted by atomic mass is 35.5. The van der Waals surface area contributed by atoms with Gasteiger partial charge in [0.25, 0.3) is 15.9 Å². The van der Waals surface area contributed by atoms with Crippen LogP contribution < -0.4 is 4.90 Å². The van der Waals surface area contributed by atoms with Crippen LogP contribution in [0.15, 0.2) is 35.2 Å². The molecule has 2 aliphatic rings. The van der Waals surface area contributed by atoms with Gasteiger partial charge in [0.05, 0.1) is 21.2 Å². The maximum atomic E-state index is 13.4. The van der Waals surface area contributed by atoms with Gasteiger partial charge in [-0.3, -0.25) is 4.79 Å². The summed E-state index contributed by atoms with van der Waals surface area (Å²) < 4.78 is 32.5. The van der Waals surface area contributed by atoms with E-state index in [4.69, 9.17) is 27.9 Å². The van der Waals surface area contributed by atoms with Crippen LogP contribution >= 0.6 is 23.2 Å². The van der Waals surface area contributed by atoms with Crippen molar-refractivity contribution in [3.8, 4) is 0 Å². The van der Waals surface area contributed by atoms with E-state index < -0.39 is 28.6 Å². The van der Waals surface area contributed by atoms with Crippen molar-refractivity contribution in [3.63, 3.8) is 0 Å². The lowest BCUT2D eigenvalue weighted by molar-refractivity contribution is 0.0358. The minimum atomic E-state index is -4.22. The van der Waals surface area contributed by atoms with Crippen molar-refractivity contribution in [2.75, 3.05) is 44.9 Å². The van der Waals surface area contributed by atoms with Gasteiger partial charge in [-0.1, -0.05) is 43.1 Å². The molecule has 2 aromatic carbocycles. The molecule has 0 aliphatic carbocycles. The third kappa shape index (κ3) is 4.37. The summed E-state index contributed by atoms with van der Waals surface area (Å²) >= 11 is 12.1. The number of esters is 1. The lowest BCUT2D eigenvalue weighted by Gasteiger charge is -2.34. The first-order valence-electron chi connectivity index (χ1n) is 10.8. The Morgan fingerprint density at radius 2 is 1.71 bits per heavy atom. The number of anilines is 1. The number of fused-ring (bicyclic) bond motifs is 1. The van der Waals surface area contributed by atoms with E-state index in [1.165, 1.54) is 12.1 Å². The highest BCUT2D eigenvalue weighted by Gasteiger charge is 2.44. The second kappa shape index (κ2) is 9.37. The number of sulfonamides is 1. The zero-order valence-corrected chi connectivity index (χ0v) is 21.4. The largest absolute Gasteiger partial charge is 0.439 e. The summed E-state index contributed by atoms with van der Waals surface area (Å²) in [5.74, 6) is -1.73. The van der Waals surface area contributed by atoms with Crippen LogP contribution in [0.25, 0.3) is 0 Å². The van der Waals surface area contributed by atoms with Crippen molar-refractivity contribution in [1.29, 1.82) is 0 Å². The minimum absolute atomic E-state index is 0.0651.